The Bertz CT molecular complexity index is 894. The highest BCUT2D eigenvalue weighted by atomic mass is 16.5. The molecule has 0 aromatic heterocycles. The molecule has 0 aliphatic heterocycles. The molecule has 1 N–H and O–H groups in total. The monoisotopic (exact) mass is 391 g/mol. The van der Waals surface area contributed by atoms with Crippen molar-refractivity contribution in [1.29, 1.82) is 0 Å². The van der Waals surface area contributed by atoms with E-state index in [1.54, 1.807) is 0 Å². The molecule has 3 aromatic carbocycles. The second-order valence-electron chi connectivity index (χ2n) is 6.32. The average molecular weight is 391 g/mol. The van der Waals surface area contributed by atoms with E-state index in [0.29, 0.717) is 31.8 Å². The lowest BCUT2D eigenvalue weighted by Gasteiger charge is -2.11. The second kappa shape index (κ2) is 10.8. The molecule has 0 saturated carbocycles. The number of rotatable bonds is 10. The van der Waals surface area contributed by atoms with E-state index >= 15 is 0 Å². The maximum absolute atomic E-state index is 12.1. The zero-order valence-electron chi connectivity index (χ0n) is 16.5. The van der Waals surface area contributed by atoms with E-state index in [4.69, 9.17) is 14.2 Å². The molecule has 3 rings (SSSR count). The first kappa shape index (κ1) is 20.3. The summed E-state index contributed by atoms with van der Waals surface area (Å²) in [5, 5.41) is 2.89. The Hall–Kier alpha value is -3.47. The quantitative estimate of drug-likeness (QED) is 0.452. The van der Waals surface area contributed by atoms with E-state index in [2.05, 4.69) is 5.32 Å². The van der Waals surface area contributed by atoms with E-state index in [0.717, 1.165) is 22.9 Å². The molecule has 1 amide bonds. The molecule has 5 nitrogen and oxygen atoms in total. The van der Waals surface area contributed by atoms with E-state index in [9.17, 15) is 4.79 Å². The van der Waals surface area contributed by atoms with Crippen molar-refractivity contribution in [2.24, 2.45) is 0 Å². The maximum atomic E-state index is 12.1. The molecular weight excluding hydrogens is 366 g/mol. The Morgan fingerprint density at radius 1 is 0.793 bits per heavy atom. The van der Waals surface area contributed by atoms with Crippen LogP contribution in [0, 0.1) is 0 Å². The summed E-state index contributed by atoms with van der Waals surface area (Å²) in [4.78, 5) is 12.1. The number of hydrogen-bond donors (Lipinski definition) is 1. The van der Waals surface area contributed by atoms with Gasteiger partial charge in [0.1, 0.15) is 11.5 Å². The van der Waals surface area contributed by atoms with Crippen LogP contribution in [0.25, 0.3) is 0 Å². The third-order valence-electron chi connectivity index (χ3n) is 4.07. The van der Waals surface area contributed by atoms with Crippen molar-refractivity contribution in [3.63, 3.8) is 0 Å². The highest BCUT2D eigenvalue weighted by Gasteiger charge is 2.06. The molecule has 3 aromatic rings. The lowest BCUT2D eigenvalue weighted by molar-refractivity contribution is -0.116. The van der Waals surface area contributed by atoms with Crippen LogP contribution in [0.15, 0.2) is 78.9 Å². The Morgan fingerprint density at radius 3 is 2.10 bits per heavy atom. The third kappa shape index (κ3) is 6.57. The number of para-hydroxylation sites is 3. The molecule has 5 heteroatoms. The van der Waals surface area contributed by atoms with Gasteiger partial charge in [0.05, 0.1) is 13.2 Å². The first-order valence-electron chi connectivity index (χ1n) is 9.72. The van der Waals surface area contributed by atoms with Crippen molar-refractivity contribution in [3.05, 3.63) is 78.9 Å². The normalized spacial score (nSPS) is 10.2. The van der Waals surface area contributed by atoms with Crippen LogP contribution < -0.4 is 19.5 Å². The first-order valence-corrected chi connectivity index (χ1v) is 9.72. The summed E-state index contributed by atoms with van der Waals surface area (Å²) in [6, 6.07) is 24.4. The summed E-state index contributed by atoms with van der Waals surface area (Å²) in [6.45, 7) is 2.96. The SMILES string of the molecule is CCOc1ccccc1OCCCC(=O)Nc1ccc(Oc2ccccc2)cc1. The molecule has 0 spiro atoms. The number of amides is 1. The maximum Gasteiger partial charge on any atom is 0.224 e. The molecule has 29 heavy (non-hydrogen) atoms. The van der Waals surface area contributed by atoms with Gasteiger partial charge in [-0.25, -0.2) is 0 Å². The van der Waals surface area contributed by atoms with Crippen molar-refractivity contribution in [3.8, 4) is 23.0 Å². The summed E-state index contributed by atoms with van der Waals surface area (Å²) >= 11 is 0. The summed E-state index contributed by atoms with van der Waals surface area (Å²) in [5.74, 6) is 2.86. The number of hydrogen-bond acceptors (Lipinski definition) is 4. The van der Waals surface area contributed by atoms with Crippen molar-refractivity contribution in [2.45, 2.75) is 19.8 Å². The molecule has 0 unspecified atom stereocenters. The number of nitrogens with one attached hydrogen (secondary N) is 1. The minimum Gasteiger partial charge on any atom is -0.490 e. The molecule has 150 valence electrons. The van der Waals surface area contributed by atoms with E-state index in [1.807, 2.05) is 85.8 Å². The van der Waals surface area contributed by atoms with Gasteiger partial charge in [0.2, 0.25) is 5.91 Å². The Morgan fingerprint density at radius 2 is 1.41 bits per heavy atom. The molecule has 0 saturated heterocycles. The number of carbonyl (C=O) groups excluding carboxylic acids is 1. The van der Waals surface area contributed by atoms with Crippen LogP contribution in [0.4, 0.5) is 5.69 Å². The highest BCUT2D eigenvalue weighted by molar-refractivity contribution is 5.90. The Kier molecular flexibility index (Phi) is 7.52. The predicted octanol–water partition coefficient (Wildman–Crippen LogP) is 5.68. The topological polar surface area (TPSA) is 56.8 Å². The zero-order chi connectivity index (χ0) is 20.3. The van der Waals surface area contributed by atoms with E-state index in [-0.39, 0.29) is 5.91 Å². The number of benzene rings is 3. The fourth-order valence-corrected chi connectivity index (χ4v) is 2.71. The molecule has 0 bridgehead atoms. The highest BCUT2D eigenvalue weighted by Crippen LogP contribution is 2.26. The predicted molar refractivity (Wildman–Crippen MR) is 114 cm³/mol. The molecule has 0 fully saturated rings. The lowest BCUT2D eigenvalue weighted by Crippen LogP contribution is -2.12. The summed E-state index contributed by atoms with van der Waals surface area (Å²) < 4.78 is 17.0. The van der Waals surface area contributed by atoms with Crippen LogP contribution >= 0.6 is 0 Å². The zero-order valence-corrected chi connectivity index (χ0v) is 16.5. The van der Waals surface area contributed by atoms with Crippen molar-refractivity contribution < 1.29 is 19.0 Å². The molecule has 0 radical (unpaired) electrons. The minimum absolute atomic E-state index is 0.0524. The van der Waals surface area contributed by atoms with Gasteiger partial charge in [-0.3, -0.25) is 4.79 Å². The molecule has 0 aliphatic carbocycles. The average Bonchev–Trinajstić information content (AvgIpc) is 2.75. The molecule has 0 heterocycles. The van der Waals surface area contributed by atoms with Gasteiger partial charge in [0.15, 0.2) is 11.5 Å². The first-order chi connectivity index (χ1) is 14.2. The summed E-state index contributed by atoms with van der Waals surface area (Å²) in [6.07, 6.45) is 0.987. The van der Waals surface area contributed by atoms with Crippen molar-refractivity contribution >= 4 is 11.6 Å². The molecular formula is C24H25NO4. The lowest BCUT2D eigenvalue weighted by atomic mass is 10.2. The fourth-order valence-electron chi connectivity index (χ4n) is 2.71. The standard InChI is InChI=1S/C24H25NO4/c1-2-27-22-11-6-7-12-23(22)28-18-8-13-24(26)25-19-14-16-21(17-15-19)29-20-9-4-3-5-10-20/h3-7,9-12,14-17H,2,8,13,18H2,1H3,(H,25,26). The van der Waals surface area contributed by atoms with Gasteiger partial charge in [-0.1, -0.05) is 30.3 Å². The van der Waals surface area contributed by atoms with Crippen LogP contribution in [0.2, 0.25) is 0 Å². The van der Waals surface area contributed by atoms with Crippen LogP contribution in [0.3, 0.4) is 0 Å². The van der Waals surface area contributed by atoms with Crippen molar-refractivity contribution in [2.75, 3.05) is 18.5 Å². The van der Waals surface area contributed by atoms with Gasteiger partial charge in [0, 0.05) is 12.1 Å². The Balaban J connectivity index is 1.40. The van der Waals surface area contributed by atoms with Gasteiger partial charge in [-0.15, -0.1) is 0 Å². The van der Waals surface area contributed by atoms with E-state index < -0.39 is 0 Å². The third-order valence-corrected chi connectivity index (χ3v) is 4.07. The summed E-state index contributed by atoms with van der Waals surface area (Å²) in [5.41, 5.74) is 0.734. The summed E-state index contributed by atoms with van der Waals surface area (Å²) in [7, 11) is 0. The fraction of sp³-hybridized carbons (Fsp3) is 0.208. The minimum atomic E-state index is -0.0524. The van der Waals surface area contributed by atoms with Crippen LogP contribution in [0.5, 0.6) is 23.0 Å². The van der Waals surface area contributed by atoms with Gasteiger partial charge >= 0.3 is 0 Å². The largest absolute Gasteiger partial charge is 0.490 e. The van der Waals surface area contributed by atoms with Crippen LogP contribution in [-0.4, -0.2) is 19.1 Å². The Labute approximate surface area is 171 Å². The van der Waals surface area contributed by atoms with Gasteiger partial charge in [-0.2, -0.15) is 0 Å². The van der Waals surface area contributed by atoms with Gasteiger partial charge in [0.25, 0.3) is 0 Å². The molecule has 0 aliphatic rings. The second-order valence-corrected chi connectivity index (χ2v) is 6.32. The van der Waals surface area contributed by atoms with Crippen LogP contribution in [-0.2, 0) is 4.79 Å². The number of carbonyl (C=O) groups is 1. The van der Waals surface area contributed by atoms with Crippen LogP contribution in [0.1, 0.15) is 19.8 Å². The number of anilines is 1. The van der Waals surface area contributed by atoms with Crippen molar-refractivity contribution in [1.82, 2.24) is 0 Å². The van der Waals surface area contributed by atoms with Gasteiger partial charge in [-0.05, 0) is 61.9 Å². The van der Waals surface area contributed by atoms with Gasteiger partial charge < -0.3 is 19.5 Å². The van der Waals surface area contributed by atoms with E-state index in [1.165, 1.54) is 0 Å². The number of ether oxygens (including phenoxy) is 3. The smallest absolute Gasteiger partial charge is 0.224 e. The molecule has 0 atom stereocenters.